The Bertz CT molecular complexity index is 83.8. The third-order valence-corrected chi connectivity index (χ3v) is 1.78. The van der Waals surface area contributed by atoms with Crippen molar-refractivity contribution in [2.24, 2.45) is 0 Å². The van der Waals surface area contributed by atoms with Gasteiger partial charge in [-0.05, 0) is 19.6 Å². The zero-order chi connectivity index (χ0) is 6.69. The minimum absolute atomic E-state index is 0. The van der Waals surface area contributed by atoms with Crippen molar-refractivity contribution in [1.82, 2.24) is 9.96 Å². The predicted octanol–water partition coefficient (Wildman–Crippen LogP) is -2.87. The minimum Gasteiger partial charge on any atom is -0.785 e. The number of hydroxylamine groups is 2. The van der Waals surface area contributed by atoms with E-state index in [9.17, 15) is 5.21 Å². The fourth-order valence-corrected chi connectivity index (χ4v) is 1.05. The first-order chi connectivity index (χ1) is 4.33. The molecule has 1 aliphatic heterocycles. The maximum Gasteiger partial charge on any atom is 1.00 e. The van der Waals surface area contributed by atoms with Crippen LogP contribution in [0.3, 0.4) is 0 Å². The first-order valence-electron chi connectivity index (χ1n) is 3.47. The van der Waals surface area contributed by atoms with Gasteiger partial charge in [-0.25, -0.2) is 0 Å². The van der Waals surface area contributed by atoms with E-state index in [1.54, 1.807) is 0 Å². The fraction of sp³-hybridized carbons (Fsp3) is 1.00. The van der Waals surface area contributed by atoms with Crippen molar-refractivity contribution < 1.29 is 51.4 Å². The molecule has 0 spiro atoms. The van der Waals surface area contributed by atoms with Gasteiger partial charge < -0.3 is 15.2 Å². The summed E-state index contributed by atoms with van der Waals surface area (Å²) in [5.74, 6) is 0. The number of hydrogen-bond acceptors (Lipinski definition) is 3. The number of likely N-dealkylation sites (N-methyl/N-ethyl adjacent to an activating group) is 1. The van der Waals surface area contributed by atoms with Crippen LogP contribution < -0.4 is 51.4 Å². The topological polar surface area (TPSA) is 29.5 Å². The third kappa shape index (κ3) is 3.78. The van der Waals surface area contributed by atoms with E-state index < -0.39 is 0 Å². The van der Waals surface area contributed by atoms with Crippen LogP contribution in [0, 0.1) is 5.21 Å². The van der Waals surface area contributed by atoms with E-state index in [0.29, 0.717) is 13.1 Å². The number of piperazine rings is 1. The van der Waals surface area contributed by atoms with Crippen molar-refractivity contribution in [3.05, 3.63) is 5.21 Å². The summed E-state index contributed by atoms with van der Waals surface area (Å²) in [5.41, 5.74) is 0. The Morgan fingerprint density at radius 3 is 2.10 bits per heavy atom. The summed E-state index contributed by atoms with van der Waals surface area (Å²) in [4.78, 5) is 2.29. The van der Waals surface area contributed by atoms with E-state index in [0.717, 1.165) is 24.7 Å². The van der Waals surface area contributed by atoms with Gasteiger partial charge in [0.15, 0.2) is 0 Å². The standard InChI is InChI=1S/C6H13N2O.K/c1-2-7-3-5-8(9)6-4-7;/h2-6H2,1H3;/q-1;+1. The van der Waals surface area contributed by atoms with Gasteiger partial charge in [-0.2, -0.15) is 0 Å². The molecule has 0 radical (unpaired) electrons. The second-order valence-electron chi connectivity index (χ2n) is 2.36. The molecule has 0 atom stereocenters. The minimum atomic E-state index is 0. The summed E-state index contributed by atoms with van der Waals surface area (Å²) in [7, 11) is 0. The summed E-state index contributed by atoms with van der Waals surface area (Å²) in [6, 6.07) is 0. The van der Waals surface area contributed by atoms with E-state index in [1.807, 2.05) is 0 Å². The Labute approximate surface area is 105 Å². The van der Waals surface area contributed by atoms with Crippen LogP contribution in [0.15, 0.2) is 0 Å². The van der Waals surface area contributed by atoms with E-state index in [-0.39, 0.29) is 51.4 Å². The molecule has 10 heavy (non-hydrogen) atoms. The molecule has 1 heterocycles. The van der Waals surface area contributed by atoms with Gasteiger partial charge in [0.2, 0.25) is 0 Å². The van der Waals surface area contributed by atoms with Crippen LogP contribution in [0.5, 0.6) is 0 Å². The molecular weight excluding hydrogens is 155 g/mol. The van der Waals surface area contributed by atoms with Crippen molar-refractivity contribution in [3.8, 4) is 0 Å². The molecule has 0 bridgehead atoms. The summed E-state index contributed by atoms with van der Waals surface area (Å²) in [6.45, 7) is 6.47. The smallest absolute Gasteiger partial charge is 0.785 e. The van der Waals surface area contributed by atoms with Gasteiger partial charge in [-0.3, -0.25) is 0 Å². The molecular formula is C6H13KN2O. The molecule has 4 heteroatoms. The van der Waals surface area contributed by atoms with Gasteiger partial charge >= 0.3 is 51.4 Å². The molecule has 54 valence electrons. The monoisotopic (exact) mass is 168 g/mol. The fourth-order valence-electron chi connectivity index (χ4n) is 1.05. The molecule has 1 aliphatic rings. The normalized spacial score (nSPS) is 22.2. The summed E-state index contributed by atoms with van der Waals surface area (Å²) < 4.78 is 0. The molecule has 0 unspecified atom stereocenters. The van der Waals surface area contributed by atoms with Gasteiger partial charge in [-0.15, -0.1) is 0 Å². The van der Waals surface area contributed by atoms with Crippen LogP contribution in [0.25, 0.3) is 0 Å². The number of rotatable bonds is 1. The average Bonchev–Trinajstić information content (AvgIpc) is 1.90. The van der Waals surface area contributed by atoms with Gasteiger partial charge in [0, 0.05) is 13.1 Å². The summed E-state index contributed by atoms with van der Waals surface area (Å²) in [5, 5.41) is 11.7. The van der Waals surface area contributed by atoms with Gasteiger partial charge in [0.25, 0.3) is 0 Å². The maximum absolute atomic E-state index is 10.6. The summed E-state index contributed by atoms with van der Waals surface area (Å²) >= 11 is 0. The molecule has 0 aliphatic carbocycles. The van der Waals surface area contributed by atoms with Crippen LogP contribution in [0.2, 0.25) is 0 Å². The molecule has 0 aromatic carbocycles. The van der Waals surface area contributed by atoms with Gasteiger partial charge in [-0.1, -0.05) is 6.92 Å². The van der Waals surface area contributed by atoms with E-state index in [4.69, 9.17) is 0 Å². The van der Waals surface area contributed by atoms with E-state index in [2.05, 4.69) is 11.8 Å². The first kappa shape index (κ1) is 11.5. The Kier molecular flexibility index (Phi) is 7.00. The second kappa shape index (κ2) is 6.08. The van der Waals surface area contributed by atoms with Crippen molar-refractivity contribution >= 4 is 0 Å². The molecule has 0 amide bonds. The Morgan fingerprint density at radius 1 is 1.20 bits per heavy atom. The molecule has 1 fully saturated rings. The third-order valence-electron chi connectivity index (χ3n) is 1.78. The van der Waals surface area contributed by atoms with Crippen LogP contribution in [-0.2, 0) is 0 Å². The van der Waals surface area contributed by atoms with Crippen LogP contribution >= 0.6 is 0 Å². The molecule has 3 nitrogen and oxygen atoms in total. The van der Waals surface area contributed by atoms with E-state index in [1.165, 1.54) is 0 Å². The molecule has 1 rings (SSSR count). The average molecular weight is 168 g/mol. The number of nitrogens with zero attached hydrogens (tertiary/aromatic N) is 2. The SMILES string of the molecule is CCN1CCN([O-])CC1.[K+]. The Hall–Kier alpha value is 1.52. The molecule has 1 saturated heterocycles. The van der Waals surface area contributed by atoms with Gasteiger partial charge in [0.1, 0.15) is 0 Å². The van der Waals surface area contributed by atoms with E-state index >= 15 is 0 Å². The van der Waals surface area contributed by atoms with Crippen LogP contribution in [0.4, 0.5) is 0 Å². The molecule has 0 aromatic rings. The quantitative estimate of drug-likeness (QED) is 0.394. The maximum atomic E-state index is 10.6. The van der Waals surface area contributed by atoms with Crippen molar-refractivity contribution in [2.75, 3.05) is 32.7 Å². The Morgan fingerprint density at radius 2 is 1.70 bits per heavy atom. The molecule has 0 aromatic heterocycles. The van der Waals surface area contributed by atoms with Crippen molar-refractivity contribution in [2.45, 2.75) is 6.92 Å². The summed E-state index contributed by atoms with van der Waals surface area (Å²) in [6.07, 6.45) is 0. The zero-order valence-corrected chi connectivity index (χ0v) is 9.96. The molecule has 0 N–H and O–H groups in total. The second-order valence-corrected chi connectivity index (χ2v) is 2.36. The van der Waals surface area contributed by atoms with Gasteiger partial charge in [0.05, 0.1) is 0 Å². The Balaban J connectivity index is 0.000000810. The predicted molar refractivity (Wildman–Crippen MR) is 37.1 cm³/mol. The van der Waals surface area contributed by atoms with Crippen LogP contribution in [0.1, 0.15) is 6.92 Å². The number of hydrogen-bond donors (Lipinski definition) is 0. The van der Waals surface area contributed by atoms with Crippen LogP contribution in [-0.4, -0.2) is 42.7 Å². The molecule has 0 saturated carbocycles. The van der Waals surface area contributed by atoms with Crippen molar-refractivity contribution in [1.29, 1.82) is 0 Å². The first-order valence-corrected chi connectivity index (χ1v) is 3.47. The largest absolute Gasteiger partial charge is 1.00 e. The zero-order valence-electron chi connectivity index (χ0n) is 6.84. The van der Waals surface area contributed by atoms with Crippen molar-refractivity contribution in [3.63, 3.8) is 0 Å².